The summed E-state index contributed by atoms with van der Waals surface area (Å²) in [6, 6.07) is 23.9. The van der Waals surface area contributed by atoms with Crippen molar-refractivity contribution in [3.05, 3.63) is 104 Å². The second kappa shape index (κ2) is 22.9. The predicted octanol–water partition coefficient (Wildman–Crippen LogP) is 6.57. The van der Waals surface area contributed by atoms with Crippen LogP contribution >= 0.6 is 22.6 Å². The molecule has 0 amide bonds. The summed E-state index contributed by atoms with van der Waals surface area (Å²) in [7, 11) is -1.30. The molecule has 3 atom stereocenters. The zero-order chi connectivity index (χ0) is 33.7. The van der Waals surface area contributed by atoms with Crippen molar-refractivity contribution in [3.8, 4) is 23.8 Å². The summed E-state index contributed by atoms with van der Waals surface area (Å²) in [5.74, 6) is 5.77. The van der Waals surface area contributed by atoms with Gasteiger partial charge in [-0.1, -0.05) is 67.9 Å². The van der Waals surface area contributed by atoms with E-state index in [2.05, 4.69) is 59.6 Å². The normalized spacial score (nSPS) is 12.6. The van der Waals surface area contributed by atoms with Crippen molar-refractivity contribution in [3.63, 3.8) is 0 Å². The quantitative estimate of drug-likeness (QED) is 0.111. The van der Waals surface area contributed by atoms with Crippen molar-refractivity contribution in [1.29, 1.82) is 0 Å². The second-order valence-corrected chi connectivity index (χ2v) is 17.6. The second-order valence-electron chi connectivity index (χ2n) is 11.6. The molecule has 0 saturated carbocycles. The first-order chi connectivity index (χ1) is 21.4. The van der Waals surface area contributed by atoms with Gasteiger partial charge in [0.05, 0.1) is 58.0 Å². The van der Waals surface area contributed by atoms with Gasteiger partial charge in [-0.25, -0.2) is 0 Å². The highest BCUT2D eigenvalue weighted by molar-refractivity contribution is 14.1. The summed E-state index contributed by atoms with van der Waals surface area (Å²) >= 11 is 2.26. The number of aliphatic hydroxyl groups excluding tert-OH is 3. The monoisotopic (exact) mass is 744 g/mol. The van der Waals surface area contributed by atoms with E-state index in [-0.39, 0.29) is 38.1 Å². The van der Waals surface area contributed by atoms with Gasteiger partial charge in [-0.2, -0.15) is 0 Å². The molecule has 244 valence electrons. The number of hydrogen-bond donors (Lipinski definition) is 3. The number of benzene rings is 3. The van der Waals surface area contributed by atoms with Crippen molar-refractivity contribution in [1.82, 2.24) is 0 Å². The molecular formula is C37H49IO6Si. The van der Waals surface area contributed by atoms with E-state index in [1.807, 2.05) is 93.6 Å². The lowest BCUT2D eigenvalue weighted by Crippen LogP contribution is -2.16. The molecule has 0 spiro atoms. The SMILES string of the molecule is C#Cc1ccc(CO[C@H](C)CO)cc1.C[C@H](CO)OCc1ccc(C#C[Si](C)(C)C)cc1.C[C@H](CO)OCc1ccc(I)cc1. The van der Waals surface area contributed by atoms with Crippen LogP contribution in [0.15, 0.2) is 72.8 Å². The van der Waals surface area contributed by atoms with Gasteiger partial charge in [-0.15, -0.1) is 12.0 Å². The molecule has 3 rings (SSSR count). The van der Waals surface area contributed by atoms with E-state index >= 15 is 0 Å². The molecule has 6 nitrogen and oxygen atoms in total. The molecule has 0 aliphatic carbocycles. The van der Waals surface area contributed by atoms with Crippen LogP contribution in [0.25, 0.3) is 0 Å². The lowest BCUT2D eigenvalue weighted by Gasteiger charge is -2.09. The standard InChI is InChI=1S/C15H22O2Si.C12H14O2.C10H13IO2/c1-13(11-16)17-12-15-7-5-14(6-8-15)9-10-18(2,3)4;1-3-11-4-6-12(7-5-11)9-14-10(2)8-13;1-8(6-12)13-7-9-2-4-10(11)5-3-9/h5-8,13,16H,11-12H2,1-4H3;1,4-7,10,13H,8-9H2,2H3;2-5,8,12H,6-7H2,1H3/t13-;10-;8-/m111/s1. The molecule has 0 unspecified atom stereocenters. The van der Waals surface area contributed by atoms with Crippen molar-refractivity contribution >= 4 is 30.7 Å². The van der Waals surface area contributed by atoms with Gasteiger partial charge in [0, 0.05) is 14.7 Å². The molecule has 0 fully saturated rings. The molecule has 8 heteroatoms. The third kappa shape index (κ3) is 20.3. The maximum atomic E-state index is 8.86. The molecule has 0 aliphatic rings. The molecule has 0 heterocycles. The van der Waals surface area contributed by atoms with E-state index in [9.17, 15) is 0 Å². The van der Waals surface area contributed by atoms with Crippen LogP contribution in [-0.4, -0.2) is 61.5 Å². The maximum Gasteiger partial charge on any atom is 0.129 e. The Morgan fingerprint density at radius 1 is 0.622 bits per heavy atom. The number of halogens is 1. The van der Waals surface area contributed by atoms with Crippen LogP contribution in [0.4, 0.5) is 0 Å². The van der Waals surface area contributed by atoms with Crippen molar-refractivity contribution in [2.45, 2.75) is 78.5 Å². The van der Waals surface area contributed by atoms with Crippen molar-refractivity contribution in [2.75, 3.05) is 19.8 Å². The summed E-state index contributed by atoms with van der Waals surface area (Å²) in [5, 5.41) is 26.3. The Bertz CT molecular complexity index is 1300. The fourth-order valence-electron chi connectivity index (χ4n) is 3.10. The third-order valence-corrected chi connectivity index (χ3v) is 7.54. The largest absolute Gasteiger partial charge is 0.394 e. The minimum Gasteiger partial charge on any atom is -0.394 e. The van der Waals surface area contributed by atoms with Gasteiger partial charge in [-0.3, -0.25) is 0 Å². The lowest BCUT2D eigenvalue weighted by atomic mass is 10.1. The van der Waals surface area contributed by atoms with Crippen LogP contribution in [0, 0.1) is 27.4 Å². The summed E-state index contributed by atoms with van der Waals surface area (Å²) < 4.78 is 17.4. The van der Waals surface area contributed by atoms with Crippen LogP contribution in [0.5, 0.6) is 0 Å². The first-order valence-corrected chi connectivity index (χ1v) is 19.6. The molecule has 45 heavy (non-hydrogen) atoms. The average Bonchev–Trinajstić information content (AvgIpc) is 3.05. The van der Waals surface area contributed by atoms with E-state index in [1.165, 1.54) is 3.57 Å². The van der Waals surface area contributed by atoms with Gasteiger partial charge in [-0.05, 0) is 96.5 Å². The lowest BCUT2D eigenvalue weighted by molar-refractivity contribution is 0.0144. The van der Waals surface area contributed by atoms with Crippen LogP contribution in [0.1, 0.15) is 48.6 Å². The number of ether oxygens (including phenoxy) is 3. The van der Waals surface area contributed by atoms with Crippen LogP contribution in [0.2, 0.25) is 19.6 Å². The van der Waals surface area contributed by atoms with Gasteiger partial charge < -0.3 is 29.5 Å². The smallest absolute Gasteiger partial charge is 0.129 e. The first kappa shape index (κ1) is 40.5. The van der Waals surface area contributed by atoms with Gasteiger partial charge in [0.15, 0.2) is 0 Å². The molecule has 3 aromatic carbocycles. The van der Waals surface area contributed by atoms with E-state index in [1.54, 1.807) is 0 Å². The summed E-state index contributed by atoms with van der Waals surface area (Å²) in [5.41, 5.74) is 8.56. The fraction of sp³-hybridized carbons (Fsp3) is 0.405. The molecule has 0 aromatic heterocycles. The first-order valence-electron chi connectivity index (χ1n) is 15.0. The summed E-state index contributed by atoms with van der Waals surface area (Å²) in [6.07, 6.45) is 4.91. The Labute approximate surface area is 285 Å². The highest BCUT2D eigenvalue weighted by Crippen LogP contribution is 2.09. The van der Waals surface area contributed by atoms with Gasteiger partial charge in [0.25, 0.3) is 0 Å². The Hall–Kier alpha value is -2.51. The van der Waals surface area contributed by atoms with E-state index in [4.69, 9.17) is 36.0 Å². The minimum atomic E-state index is -1.30. The predicted molar refractivity (Wildman–Crippen MR) is 194 cm³/mol. The molecular weight excluding hydrogens is 695 g/mol. The molecule has 3 aromatic rings. The minimum absolute atomic E-state index is 0.0441. The topological polar surface area (TPSA) is 88.4 Å². The highest BCUT2D eigenvalue weighted by atomic mass is 127. The number of rotatable bonds is 12. The van der Waals surface area contributed by atoms with E-state index < -0.39 is 8.07 Å². The molecule has 0 radical (unpaired) electrons. The molecule has 3 N–H and O–H groups in total. The number of hydrogen-bond acceptors (Lipinski definition) is 6. The Kier molecular flexibility index (Phi) is 20.6. The van der Waals surface area contributed by atoms with Gasteiger partial charge in [0.1, 0.15) is 8.07 Å². The van der Waals surface area contributed by atoms with Crippen LogP contribution < -0.4 is 0 Å². The number of terminal acetylenes is 1. The fourth-order valence-corrected chi connectivity index (χ4v) is 3.97. The van der Waals surface area contributed by atoms with E-state index in [0.717, 1.165) is 27.8 Å². The third-order valence-electron chi connectivity index (χ3n) is 5.94. The molecule has 0 aliphatic heterocycles. The molecule has 0 saturated heterocycles. The van der Waals surface area contributed by atoms with E-state index in [0.29, 0.717) is 19.8 Å². The Balaban J connectivity index is 0.000000343. The summed E-state index contributed by atoms with van der Waals surface area (Å²) in [4.78, 5) is 0. The van der Waals surface area contributed by atoms with Crippen LogP contribution in [-0.2, 0) is 34.0 Å². The maximum absolute atomic E-state index is 8.86. The number of aliphatic hydroxyl groups is 3. The highest BCUT2D eigenvalue weighted by Gasteiger charge is 2.07. The van der Waals surface area contributed by atoms with Crippen LogP contribution in [0.3, 0.4) is 0 Å². The average molecular weight is 745 g/mol. The van der Waals surface area contributed by atoms with Crippen molar-refractivity contribution < 1.29 is 29.5 Å². The zero-order valence-corrected chi connectivity index (χ0v) is 30.6. The Morgan fingerprint density at radius 3 is 1.27 bits per heavy atom. The van der Waals surface area contributed by atoms with Gasteiger partial charge >= 0.3 is 0 Å². The molecule has 0 bridgehead atoms. The van der Waals surface area contributed by atoms with Crippen molar-refractivity contribution in [2.24, 2.45) is 0 Å². The zero-order valence-electron chi connectivity index (χ0n) is 27.4. The Morgan fingerprint density at radius 2 is 0.956 bits per heavy atom. The summed E-state index contributed by atoms with van der Waals surface area (Å²) in [6.45, 7) is 14.0. The van der Waals surface area contributed by atoms with Gasteiger partial charge in [0.2, 0.25) is 0 Å².